The Hall–Kier alpha value is -1.47. The lowest BCUT2D eigenvalue weighted by Gasteiger charge is -2.06. The molecule has 0 aliphatic rings. The molecule has 1 atom stereocenters. The Morgan fingerprint density at radius 3 is 2.26 bits per heavy atom. The molecule has 1 heteroatoms. The molecule has 2 rings (SSSR count). The quantitative estimate of drug-likeness (QED) is 0.618. The van der Waals surface area contributed by atoms with E-state index in [9.17, 15) is 0 Å². The molecule has 2 aromatic rings. The molecule has 1 unspecified atom stereocenters. The first-order chi connectivity index (χ1) is 9.34. The van der Waals surface area contributed by atoms with Gasteiger partial charge in [0, 0.05) is 4.90 Å². The summed E-state index contributed by atoms with van der Waals surface area (Å²) in [4.78, 5) is 1.30. The standard InChI is InChI=1S/C18H20S/c1-16(12-13-17-8-4-2-5-9-17)14-15-19-18-10-6-3-7-11-18/h2-11,14-16H,12-13H2,1H3/b15-14+. The van der Waals surface area contributed by atoms with Crippen molar-refractivity contribution in [2.24, 2.45) is 5.92 Å². The van der Waals surface area contributed by atoms with Gasteiger partial charge in [-0.2, -0.15) is 0 Å². The first-order valence-corrected chi connectivity index (χ1v) is 7.65. The lowest BCUT2D eigenvalue weighted by Crippen LogP contribution is -1.93. The molecule has 0 heterocycles. The summed E-state index contributed by atoms with van der Waals surface area (Å²) in [5, 5.41) is 2.21. The molecule has 0 aromatic heterocycles. The Labute approximate surface area is 120 Å². The Morgan fingerprint density at radius 1 is 0.947 bits per heavy atom. The average Bonchev–Trinajstić information content (AvgIpc) is 2.47. The lowest BCUT2D eigenvalue weighted by atomic mass is 10.0. The number of benzene rings is 2. The molecule has 0 radical (unpaired) electrons. The summed E-state index contributed by atoms with van der Waals surface area (Å²) < 4.78 is 0. The van der Waals surface area contributed by atoms with Crippen molar-refractivity contribution in [1.82, 2.24) is 0 Å². The van der Waals surface area contributed by atoms with Crippen molar-refractivity contribution in [2.75, 3.05) is 0 Å². The topological polar surface area (TPSA) is 0 Å². The van der Waals surface area contributed by atoms with Gasteiger partial charge in [0.2, 0.25) is 0 Å². The van der Waals surface area contributed by atoms with E-state index in [4.69, 9.17) is 0 Å². The minimum absolute atomic E-state index is 0.622. The van der Waals surface area contributed by atoms with Gasteiger partial charge in [0.25, 0.3) is 0 Å². The van der Waals surface area contributed by atoms with Crippen LogP contribution in [0.3, 0.4) is 0 Å². The highest BCUT2D eigenvalue weighted by molar-refractivity contribution is 8.02. The fraction of sp³-hybridized carbons (Fsp3) is 0.222. The highest BCUT2D eigenvalue weighted by atomic mass is 32.2. The average molecular weight is 268 g/mol. The van der Waals surface area contributed by atoms with Crippen molar-refractivity contribution in [3.63, 3.8) is 0 Å². The van der Waals surface area contributed by atoms with Crippen molar-refractivity contribution in [2.45, 2.75) is 24.7 Å². The van der Waals surface area contributed by atoms with Gasteiger partial charge in [-0.15, -0.1) is 0 Å². The van der Waals surface area contributed by atoms with E-state index >= 15 is 0 Å². The molecule has 0 saturated carbocycles. The summed E-state index contributed by atoms with van der Waals surface area (Å²) in [6, 6.07) is 21.2. The fourth-order valence-corrected chi connectivity index (χ4v) is 2.70. The predicted molar refractivity (Wildman–Crippen MR) is 85.4 cm³/mol. The van der Waals surface area contributed by atoms with Crippen LogP contribution in [0.4, 0.5) is 0 Å². The molecule has 0 fully saturated rings. The van der Waals surface area contributed by atoms with E-state index in [1.807, 2.05) is 0 Å². The zero-order chi connectivity index (χ0) is 13.3. The number of allylic oxidation sites excluding steroid dienone is 1. The van der Waals surface area contributed by atoms with E-state index in [1.165, 1.54) is 16.9 Å². The molecule has 0 spiro atoms. The fourth-order valence-electron chi connectivity index (χ4n) is 1.89. The summed E-state index contributed by atoms with van der Waals surface area (Å²) in [6.07, 6.45) is 4.67. The van der Waals surface area contributed by atoms with Gasteiger partial charge in [-0.25, -0.2) is 0 Å². The zero-order valence-electron chi connectivity index (χ0n) is 11.3. The highest BCUT2D eigenvalue weighted by Crippen LogP contribution is 2.20. The molecule has 0 amide bonds. The van der Waals surface area contributed by atoms with E-state index in [0.29, 0.717) is 5.92 Å². The molecule has 19 heavy (non-hydrogen) atoms. The van der Waals surface area contributed by atoms with Crippen LogP contribution in [0.25, 0.3) is 0 Å². The third-order valence-corrected chi connectivity index (χ3v) is 3.92. The van der Waals surface area contributed by atoms with Gasteiger partial charge < -0.3 is 0 Å². The van der Waals surface area contributed by atoms with Crippen LogP contribution < -0.4 is 0 Å². The Kier molecular flexibility index (Phi) is 5.77. The number of thioether (sulfide) groups is 1. The molecule has 0 N–H and O–H groups in total. The molecule has 0 nitrogen and oxygen atoms in total. The summed E-state index contributed by atoms with van der Waals surface area (Å²) in [6.45, 7) is 2.28. The first kappa shape index (κ1) is 14.0. The zero-order valence-corrected chi connectivity index (χ0v) is 12.1. The van der Waals surface area contributed by atoms with Gasteiger partial charge in [0.05, 0.1) is 0 Å². The van der Waals surface area contributed by atoms with E-state index in [2.05, 4.69) is 79.1 Å². The molecule has 0 bridgehead atoms. The third-order valence-electron chi connectivity index (χ3n) is 3.09. The normalized spacial score (nSPS) is 12.7. The SMILES string of the molecule is CC(/C=C/Sc1ccccc1)CCc1ccccc1. The van der Waals surface area contributed by atoms with Gasteiger partial charge >= 0.3 is 0 Å². The first-order valence-electron chi connectivity index (χ1n) is 6.77. The van der Waals surface area contributed by atoms with Crippen LogP contribution >= 0.6 is 11.8 Å². The maximum atomic E-state index is 2.31. The Morgan fingerprint density at radius 2 is 1.58 bits per heavy atom. The van der Waals surface area contributed by atoms with E-state index in [0.717, 1.165) is 6.42 Å². The van der Waals surface area contributed by atoms with Crippen LogP contribution in [0.1, 0.15) is 18.9 Å². The van der Waals surface area contributed by atoms with Crippen LogP contribution in [-0.4, -0.2) is 0 Å². The smallest absolute Gasteiger partial charge is 0.0116 e. The number of hydrogen-bond donors (Lipinski definition) is 0. The minimum Gasteiger partial charge on any atom is -0.0984 e. The van der Waals surface area contributed by atoms with Gasteiger partial charge in [-0.05, 0) is 41.9 Å². The van der Waals surface area contributed by atoms with Crippen molar-refractivity contribution in [3.05, 3.63) is 77.7 Å². The molecular formula is C18H20S. The molecule has 2 aromatic carbocycles. The second-order valence-corrected chi connectivity index (χ2v) is 5.74. The van der Waals surface area contributed by atoms with Gasteiger partial charge in [-0.1, -0.05) is 73.3 Å². The summed E-state index contributed by atoms with van der Waals surface area (Å²) in [7, 11) is 0. The van der Waals surface area contributed by atoms with Crippen LogP contribution in [0.15, 0.2) is 77.0 Å². The molecule has 0 saturated heterocycles. The van der Waals surface area contributed by atoms with Crippen LogP contribution in [0.5, 0.6) is 0 Å². The van der Waals surface area contributed by atoms with E-state index in [1.54, 1.807) is 11.8 Å². The van der Waals surface area contributed by atoms with Crippen molar-refractivity contribution in [3.8, 4) is 0 Å². The second-order valence-electron chi connectivity index (χ2n) is 4.76. The molecule has 0 aliphatic heterocycles. The maximum Gasteiger partial charge on any atom is 0.0116 e. The van der Waals surface area contributed by atoms with Crippen molar-refractivity contribution < 1.29 is 0 Å². The monoisotopic (exact) mass is 268 g/mol. The highest BCUT2D eigenvalue weighted by Gasteiger charge is 1.98. The van der Waals surface area contributed by atoms with E-state index in [-0.39, 0.29) is 0 Å². The van der Waals surface area contributed by atoms with E-state index < -0.39 is 0 Å². The Balaban J connectivity index is 1.74. The van der Waals surface area contributed by atoms with Crippen LogP contribution in [-0.2, 0) is 6.42 Å². The second kappa shape index (κ2) is 7.85. The molecular weight excluding hydrogens is 248 g/mol. The minimum atomic E-state index is 0.622. The molecule has 98 valence electrons. The number of rotatable bonds is 6. The molecule has 0 aliphatic carbocycles. The summed E-state index contributed by atoms with van der Waals surface area (Å²) in [5.74, 6) is 0.622. The largest absolute Gasteiger partial charge is 0.0984 e. The van der Waals surface area contributed by atoms with Gasteiger partial charge in [0.15, 0.2) is 0 Å². The number of aryl methyl sites for hydroxylation is 1. The van der Waals surface area contributed by atoms with Crippen molar-refractivity contribution in [1.29, 1.82) is 0 Å². The Bertz CT molecular complexity index is 488. The van der Waals surface area contributed by atoms with Gasteiger partial charge in [-0.3, -0.25) is 0 Å². The predicted octanol–water partition coefficient (Wildman–Crippen LogP) is 5.56. The van der Waals surface area contributed by atoms with Gasteiger partial charge in [0.1, 0.15) is 0 Å². The van der Waals surface area contributed by atoms with Crippen molar-refractivity contribution >= 4 is 11.8 Å². The summed E-state index contributed by atoms with van der Waals surface area (Å²) >= 11 is 1.79. The van der Waals surface area contributed by atoms with Crippen LogP contribution in [0, 0.1) is 5.92 Å². The number of hydrogen-bond acceptors (Lipinski definition) is 1. The summed E-state index contributed by atoms with van der Waals surface area (Å²) in [5.41, 5.74) is 1.43. The lowest BCUT2D eigenvalue weighted by molar-refractivity contribution is 0.648. The van der Waals surface area contributed by atoms with Crippen LogP contribution in [0.2, 0.25) is 0 Å². The third kappa shape index (κ3) is 5.35. The maximum absolute atomic E-state index is 2.31.